The monoisotopic (exact) mass is 415 g/mol. The second kappa shape index (κ2) is 9.18. The largest absolute Gasteiger partial charge is 0.393 e. The highest BCUT2D eigenvalue weighted by Gasteiger charge is 2.40. The number of aromatic nitrogens is 2. The zero-order valence-corrected chi connectivity index (χ0v) is 16.8. The Labute approximate surface area is 165 Å². The number of hydrogen-bond acceptors (Lipinski definition) is 10. The molecular weight excluding hydrogens is 386 g/mol. The van der Waals surface area contributed by atoms with Crippen molar-refractivity contribution in [3.63, 3.8) is 0 Å². The maximum Gasteiger partial charge on any atom is 0.333 e. The van der Waals surface area contributed by atoms with Gasteiger partial charge in [0.05, 0.1) is 18.8 Å². The van der Waals surface area contributed by atoms with Crippen LogP contribution >= 0.6 is 0 Å². The van der Waals surface area contributed by atoms with Gasteiger partial charge < -0.3 is 10.4 Å². The number of aliphatic hydroxyl groups excluding tert-OH is 1. The first kappa shape index (κ1) is 21.0. The summed E-state index contributed by atoms with van der Waals surface area (Å²) in [5.41, 5.74) is 6.93. The highest BCUT2D eigenvalue weighted by atomic mass is 32.2. The Bertz CT molecular complexity index is 763. The van der Waals surface area contributed by atoms with Crippen molar-refractivity contribution in [2.45, 2.75) is 57.6 Å². The number of nitrogens with one attached hydrogen (secondary N) is 3. The Morgan fingerprint density at radius 1 is 1.36 bits per heavy atom. The van der Waals surface area contributed by atoms with Crippen molar-refractivity contribution in [2.24, 2.45) is 11.1 Å². The van der Waals surface area contributed by atoms with Crippen LogP contribution in [0.2, 0.25) is 0 Å². The average molecular weight is 416 g/mol. The van der Waals surface area contributed by atoms with Crippen LogP contribution in [0.3, 0.4) is 0 Å². The molecule has 3 rings (SSSR count). The van der Waals surface area contributed by atoms with Crippen LogP contribution < -0.4 is 26.4 Å². The van der Waals surface area contributed by atoms with E-state index in [-0.39, 0.29) is 18.6 Å². The van der Waals surface area contributed by atoms with Crippen LogP contribution in [0.25, 0.3) is 0 Å². The fraction of sp³-hybridized carbons (Fsp3) is 0.750. The molecule has 1 fully saturated rings. The van der Waals surface area contributed by atoms with Gasteiger partial charge in [-0.15, -0.1) is 5.53 Å². The summed E-state index contributed by atoms with van der Waals surface area (Å²) in [7, 11) is -4.02. The molecule has 0 radical (unpaired) electrons. The van der Waals surface area contributed by atoms with E-state index < -0.39 is 16.4 Å². The lowest BCUT2D eigenvalue weighted by atomic mass is 10.1. The lowest BCUT2D eigenvalue weighted by Crippen LogP contribution is -2.43. The first-order valence-electron chi connectivity index (χ1n) is 9.64. The number of aliphatic hydroxyl groups is 1. The zero-order valence-electron chi connectivity index (χ0n) is 16.0. The van der Waals surface area contributed by atoms with E-state index in [0.717, 1.165) is 24.5 Å². The molecule has 0 spiro atoms. The molecule has 0 aromatic carbocycles. The summed E-state index contributed by atoms with van der Waals surface area (Å²) in [6, 6.07) is -0.0786. The third-order valence-electron chi connectivity index (χ3n) is 5.12. The van der Waals surface area contributed by atoms with Gasteiger partial charge in [-0.3, -0.25) is 14.6 Å². The Kier molecular flexibility index (Phi) is 6.88. The van der Waals surface area contributed by atoms with Crippen LogP contribution in [0.5, 0.6) is 0 Å². The summed E-state index contributed by atoms with van der Waals surface area (Å²) in [5, 5.41) is 20.3. The Hall–Kier alpha value is -1.73. The van der Waals surface area contributed by atoms with Crippen molar-refractivity contribution in [1.29, 1.82) is 0 Å². The highest BCUT2D eigenvalue weighted by molar-refractivity contribution is 7.84. The van der Waals surface area contributed by atoms with E-state index >= 15 is 0 Å². The number of nitrogens with two attached hydrogens (primary N) is 1. The molecule has 1 aliphatic carbocycles. The summed E-state index contributed by atoms with van der Waals surface area (Å²) in [6.45, 7) is 2.87. The Balaban J connectivity index is 1.60. The van der Waals surface area contributed by atoms with Gasteiger partial charge in [0.15, 0.2) is 11.6 Å². The Morgan fingerprint density at radius 3 is 2.93 bits per heavy atom. The second-order valence-corrected chi connectivity index (χ2v) is 8.47. The minimum atomic E-state index is -4.02. The van der Waals surface area contributed by atoms with Gasteiger partial charge in [0.1, 0.15) is 12.0 Å². The number of hydrazine groups is 2. The molecule has 3 atom stereocenters. The van der Waals surface area contributed by atoms with Crippen molar-refractivity contribution in [3.8, 4) is 0 Å². The van der Waals surface area contributed by atoms with Crippen molar-refractivity contribution in [3.05, 3.63) is 6.33 Å². The van der Waals surface area contributed by atoms with E-state index in [4.69, 9.17) is 5.14 Å². The van der Waals surface area contributed by atoms with E-state index in [1.165, 1.54) is 25.6 Å². The maximum atomic E-state index is 11.0. The molecule has 1 saturated carbocycles. The first-order chi connectivity index (χ1) is 13.4. The summed E-state index contributed by atoms with van der Waals surface area (Å²) in [5.74, 6) is 1.09. The van der Waals surface area contributed by atoms with Gasteiger partial charge in [-0.1, -0.05) is 26.2 Å². The summed E-state index contributed by atoms with van der Waals surface area (Å²) < 4.78 is 26.6. The molecule has 6 N–H and O–H groups in total. The lowest BCUT2D eigenvalue weighted by molar-refractivity contribution is 0.101. The SMILES string of the molecule is CCCCCCNc1ncnc2c1NNN2C1CC(O)C(COS(N)(=O)=O)C1. The smallest absolute Gasteiger partial charge is 0.333 e. The van der Waals surface area contributed by atoms with E-state index in [0.29, 0.717) is 18.7 Å². The van der Waals surface area contributed by atoms with E-state index in [1.807, 2.05) is 5.01 Å². The maximum absolute atomic E-state index is 11.0. The van der Waals surface area contributed by atoms with Crippen LogP contribution in [0.1, 0.15) is 45.4 Å². The van der Waals surface area contributed by atoms with E-state index in [2.05, 4.69) is 37.4 Å². The number of hydrogen-bond donors (Lipinski definition) is 5. The van der Waals surface area contributed by atoms with Gasteiger partial charge in [0, 0.05) is 12.5 Å². The minimum Gasteiger partial charge on any atom is -0.393 e. The Morgan fingerprint density at radius 2 is 2.18 bits per heavy atom. The third-order valence-corrected chi connectivity index (χ3v) is 5.59. The van der Waals surface area contributed by atoms with Crippen LogP contribution in [0.15, 0.2) is 6.33 Å². The number of rotatable bonds is 10. The minimum absolute atomic E-state index is 0.0786. The molecule has 0 bridgehead atoms. The third kappa shape index (κ3) is 5.20. The molecule has 11 nitrogen and oxygen atoms in total. The first-order valence-corrected chi connectivity index (χ1v) is 11.1. The van der Waals surface area contributed by atoms with E-state index in [9.17, 15) is 13.5 Å². The molecule has 3 unspecified atom stereocenters. The summed E-state index contributed by atoms with van der Waals surface area (Å²) in [6.07, 6.45) is 6.47. The standard InChI is InChI=1S/C16H29N7O4S/c1-2-3-4-5-6-18-15-14-16(20-10-19-15)23(22-21-14)12-7-11(13(24)8-12)9-27-28(17,25)26/h10-13,21-22,24H,2-9H2,1H3,(H2,17,25,26)(H,18,19,20). The van der Waals surface area contributed by atoms with Gasteiger partial charge in [-0.25, -0.2) is 15.1 Å². The van der Waals surface area contributed by atoms with Crippen molar-refractivity contribution < 1.29 is 17.7 Å². The van der Waals surface area contributed by atoms with E-state index in [1.54, 1.807) is 0 Å². The fourth-order valence-electron chi connectivity index (χ4n) is 3.65. The quantitative estimate of drug-likeness (QED) is 0.341. The van der Waals surface area contributed by atoms with Crippen molar-refractivity contribution in [2.75, 3.05) is 28.9 Å². The lowest BCUT2D eigenvalue weighted by Gasteiger charge is -2.24. The average Bonchev–Trinajstić information content (AvgIpc) is 3.23. The normalized spacial score (nSPS) is 24.2. The van der Waals surface area contributed by atoms with Gasteiger partial charge >= 0.3 is 10.3 Å². The number of fused-ring (bicyclic) bond motifs is 1. The number of unbranched alkanes of at least 4 members (excludes halogenated alkanes) is 3. The molecule has 0 saturated heterocycles. The predicted molar refractivity (Wildman–Crippen MR) is 105 cm³/mol. The van der Waals surface area contributed by atoms with Crippen LogP contribution in [0.4, 0.5) is 17.3 Å². The fourth-order valence-corrected chi connectivity index (χ4v) is 4.01. The van der Waals surface area contributed by atoms with Crippen molar-refractivity contribution in [1.82, 2.24) is 15.5 Å². The number of nitrogens with zero attached hydrogens (tertiary/aromatic N) is 3. The molecule has 2 aliphatic rings. The van der Waals surface area contributed by atoms with Crippen molar-refractivity contribution >= 4 is 27.6 Å². The molecule has 0 amide bonds. The number of anilines is 3. The second-order valence-electron chi connectivity index (χ2n) is 7.25. The van der Waals surface area contributed by atoms with Gasteiger partial charge in [-0.05, 0) is 19.3 Å². The van der Waals surface area contributed by atoms with Crippen LogP contribution in [-0.4, -0.2) is 48.8 Å². The van der Waals surface area contributed by atoms with Crippen LogP contribution in [-0.2, 0) is 14.5 Å². The van der Waals surface area contributed by atoms with Crippen LogP contribution in [0, 0.1) is 5.92 Å². The molecule has 1 aromatic heterocycles. The zero-order chi connectivity index (χ0) is 20.1. The predicted octanol–water partition coefficient (Wildman–Crippen LogP) is 0.480. The highest BCUT2D eigenvalue weighted by Crippen LogP contribution is 2.38. The summed E-state index contributed by atoms with van der Waals surface area (Å²) >= 11 is 0. The molecule has 1 aliphatic heterocycles. The molecule has 2 heterocycles. The van der Waals surface area contributed by atoms with Gasteiger partial charge in [-0.2, -0.15) is 8.42 Å². The molecule has 1 aromatic rings. The molecule has 28 heavy (non-hydrogen) atoms. The molecule has 12 heteroatoms. The molecular formula is C16H29N7O4S. The molecule has 158 valence electrons. The van der Waals surface area contributed by atoms with Gasteiger partial charge in [0.2, 0.25) is 0 Å². The van der Waals surface area contributed by atoms with Gasteiger partial charge in [0.25, 0.3) is 0 Å². The summed E-state index contributed by atoms with van der Waals surface area (Å²) in [4.78, 5) is 8.67. The topological polar surface area (TPSA) is 155 Å².